The molecule has 0 unspecified atom stereocenters. The van der Waals surface area contributed by atoms with Gasteiger partial charge in [0.25, 0.3) is 0 Å². The van der Waals surface area contributed by atoms with Crippen LogP contribution in [0.15, 0.2) is 162 Å². The Morgan fingerprint density at radius 1 is 0.534 bits per heavy atom. The smallest absolute Gasteiger partial charge is 0.336 e. The Labute approximate surface area is 432 Å². The second kappa shape index (κ2) is 15.6. The zero-order chi connectivity index (χ0) is 50.7. The van der Waals surface area contributed by atoms with Crippen LogP contribution in [-0.4, -0.2) is 11.3 Å². The molecule has 4 heterocycles. The van der Waals surface area contributed by atoms with E-state index in [1.54, 1.807) is 0 Å². The maximum Gasteiger partial charge on any atom is 0.336 e. The molecule has 2 aromatic heterocycles. The van der Waals surface area contributed by atoms with E-state index < -0.39 is 0 Å². The highest BCUT2D eigenvalue weighted by atomic mass is 16.3. The minimum atomic E-state index is -0.168. The Morgan fingerprint density at radius 3 is 1.79 bits per heavy atom. The molecule has 0 bridgehead atoms. The van der Waals surface area contributed by atoms with Gasteiger partial charge < -0.3 is 18.7 Å². The monoisotopic (exact) mass is 952 g/mol. The first kappa shape index (κ1) is 45.6. The molecule has 3 aliphatic rings. The Kier molecular flexibility index (Phi) is 9.77. The van der Waals surface area contributed by atoms with E-state index in [2.05, 4.69) is 255 Å². The first-order valence-corrected chi connectivity index (χ1v) is 26.6. The van der Waals surface area contributed by atoms with Crippen LogP contribution in [0, 0.1) is 13.8 Å². The Balaban J connectivity index is 1.14. The van der Waals surface area contributed by atoms with Crippen molar-refractivity contribution >= 4 is 84.9 Å². The summed E-state index contributed by atoms with van der Waals surface area (Å²) in [5.74, 6) is 0. The molecular weight excluding hydrogens is 886 g/mol. The molecule has 2 aliphatic heterocycles. The Bertz CT molecular complexity index is 3840. The molecule has 0 atom stereocenters. The molecule has 10 aromatic rings. The van der Waals surface area contributed by atoms with Crippen LogP contribution in [0.5, 0.6) is 0 Å². The second-order valence-electron chi connectivity index (χ2n) is 25.0. The number of hydrogen-bond acceptors (Lipinski definition) is 3. The van der Waals surface area contributed by atoms with Gasteiger partial charge in [-0.25, -0.2) is 0 Å². The minimum absolute atomic E-state index is 0.0251. The van der Waals surface area contributed by atoms with Crippen molar-refractivity contribution in [2.75, 3.05) is 9.80 Å². The molecule has 0 amide bonds. The maximum atomic E-state index is 7.24. The van der Waals surface area contributed by atoms with Crippen LogP contribution in [0.3, 0.4) is 0 Å². The van der Waals surface area contributed by atoms with Crippen molar-refractivity contribution in [2.24, 2.45) is 0 Å². The van der Waals surface area contributed by atoms with E-state index in [-0.39, 0.29) is 28.5 Å². The largest absolute Gasteiger partial charge is 0.441 e. The standard InChI is InChI=1S/C68H66BN3O/c1-41-34-51-52-38-49(70(47-27-23-45(24-28-47)65(3,4)5)48-29-25-46(26-30-48)66(6,7)8)39-53-61-50-20-16-17-21-60(50)73-64(61)72(63(52)53)69-56-37-44(43-18-14-13-15-19-43)22-31-57(56)71(59(35-41)62(51)69)58-40-55-54(36-42(58)2)67(9,10)32-33-68(55,11)12/h13-31,34-40H,32-33H2,1-12H3. The fourth-order valence-corrected chi connectivity index (χ4v) is 12.9. The molecule has 0 saturated heterocycles. The number of nitrogens with zero attached hydrogens (tertiary/aromatic N) is 3. The number of benzene rings is 8. The molecule has 0 N–H and O–H groups in total. The van der Waals surface area contributed by atoms with E-state index in [0.717, 1.165) is 45.6 Å². The summed E-state index contributed by atoms with van der Waals surface area (Å²) in [6.45, 7) is 28.0. The van der Waals surface area contributed by atoms with E-state index in [1.165, 1.54) is 101 Å². The van der Waals surface area contributed by atoms with Crippen LogP contribution < -0.4 is 20.7 Å². The van der Waals surface area contributed by atoms with Gasteiger partial charge in [0, 0.05) is 56.0 Å². The second-order valence-corrected chi connectivity index (χ2v) is 25.0. The zero-order valence-electron chi connectivity index (χ0n) is 44.8. The third-order valence-electron chi connectivity index (χ3n) is 17.1. The van der Waals surface area contributed by atoms with Crippen molar-refractivity contribution in [3.63, 3.8) is 0 Å². The van der Waals surface area contributed by atoms with Crippen molar-refractivity contribution < 1.29 is 4.42 Å². The van der Waals surface area contributed by atoms with Crippen molar-refractivity contribution in [3.8, 4) is 22.3 Å². The van der Waals surface area contributed by atoms with Crippen molar-refractivity contribution in [1.82, 2.24) is 4.48 Å². The third-order valence-corrected chi connectivity index (χ3v) is 17.1. The van der Waals surface area contributed by atoms with E-state index in [9.17, 15) is 0 Å². The fourth-order valence-electron chi connectivity index (χ4n) is 12.9. The summed E-state index contributed by atoms with van der Waals surface area (Å²) in [6.07, 6.45) is 2.34. The Morgan fingerprint density at radius 2 is 1.15 bits per heavy atom. The van der Waals surface area contributed by atoms with Gasteiger partial charge in [0.05, 0.1) is 5.39 Å². The fraction of sp³-hybridized carbons (Fsp3) is 0.265. The molecule has 0 fully saturated rings. The lowest BCUT2D eigenvalue weighted by Gasteiger charge is -2.44. The number of hydrogen-bond donors (Lipinski definition) is 0. The summed E-state index contributed by atoms with van der Waals surface area (Å²) in [6, 6.07) is 60.2. The van der Waals surface area contributed by atoms with E-state index in [0.29, 0.717) is 0 Å². The number of para-hydroxylation sites is 1. The van der Waals surface area contributed by atoms with Gasteiger partial charge in [0.2, 0.25) is 0 Å². The minimum Gasteiger partial charge on any atom is -0.441 e. The zero-order valence-corrected chi connectivity index (χ0v) is 44.8. The molecule has 13 rings (SSSR count). The predicted molar refractivity (Wildman–Crippen MR) is 312 cm³/mol. The summed E-state index contributed by atoms with van der Waals surface area (Å²) >= 11 is 0. The van der Waals surface area contributed by atoms with Gasteiger partial charge in [-0.05, 0) is 170 Å². The van der Waals surface area contributed by atoms with Crippen molar-refractivity contribution in [3.05, 3.63) is 191 Å². The van der Waals surface area contributed by atoms with Gasteiger partial charge in [0.1, 0.15) is 5.58 Å². The average Bonchev–Trinajstić information content (AvgIpc) is 3.89. The van der Waals surface area contributed by atoms with Gasteiger partial charge in [0.15, 0.2) is 5.71 Å². The van der Waals surface area contributed by atoms with Crippen LogP contribution in [0.1, 0.15) is 115 Å². The quantitative estimate of drug-likeness (QED) is 0.161. The molecule has 4 nitrogen and oxygen atoms in total. The maximum absolute atomic E-state index is 7.24. The van der Waals surface area contributed by atoms with E-state index in [1.807, 2.05) is 0 Å². The first-order chi connectivity index (χ1) is 34.8. The number of fused-ring (bicyclic) bond motifs is 10. The predicted octanol–water partition coefficient (Wildman–Crippen LogP) is 17.7. The number of anilines is 6. The molecule has 0 spiro atoms. The molecule has 0 radical (unpaired) electrons. The molecule has 73 heavy (non-hydrogen) atoms. The van der Waals surface area contributed by atoms with Crippen molar-refractivity contribution in [1.29, 1.82) is 0 Å². The summed E-state index contributed by atoms with van der Waals surface area (Å²) in [4.78, 5) is 5.10. The summed E-state index contributed by atoms with van der Waals surface area (Å²) in [7, 11) is 0. The number of aryl methyl sites for hydroxylation is 2. The molecule has 1 aliphatic carbocycles. The van der Waals surface area contributed by atoms with Gasteiger partial charge in [-0.15, -0.1) is 0 Å². The summed E-state index contributed by atoms with van der Waals surface area (Å²) in [5.41, 5.74) is 25.8. The summed E-state index contributed by atoms with van der Waals surface area (Å²) in [5, 5.41) is 3.49. The molecule has 8 aromatic carbocycles. The van der Waals surface area contributed by atoms with Crippen LogP contribution in [0.4, 0.5) is 34.1 Å². The lowest BCUT2D eigenvalue weighted by molar-refractivity contribution is 0.332. The van der Waals surface area contributed by atoms with Gasteiger partial charge in [-0.1, -0.05) is 166 Å². The van der Waals surface area contributed by atoms with Gasteiger partial charge in [-0.2, -0.15) is 0 Å². The average molecular weight is 952 g/mol. The molecular formula is C68H66BN3O. The van der Waals surface area contributed by atoms with Gasteiger partial charge >= 0.3 is 6.85 Å². The van der Waals surface area contributed by atoms with Gasteiger partial charge in [-0.3, -0.25) is 0 Å². The lowest BCUT2D eigenvalue weighted by Crippen LogP contribution is -2.56. The lowest BCUT2D eigenvalue weighted by atomic mass is 9.45. The SMILES string of the molecule is Cc1cc2c3c(c1)N(c1cc4c(cc1C)C(C)(C)CCC4(C)C)c1ccc(-c4ccccc4)cc1B3n1c3oc4ccccc4c3c3cc(N(c4ccc(C(C)(C)C)cc4)c4ccc(C(C)(C)C)cc4)cc-2c31. The highest BCUT2D eigenvalue weighted by Gasteiger charge is 2.46. The number of furan rings is 1. The Hall–Kier alpha value is -7.24. The molecule has 0 saturated carbocycles. The number of rotatable bonds is 5. The highest BCUT2D eigenvalue weighted by Crippen LogP contribution is 2.53. The van der Waals surface area contributed by atoms with Crippen LogP contribution >= 0.6 is 0 Å². The van der Waals surface area contributed by atoms with Crippen LogP contribution in [-0.2, 0) is 21.7 Å². The van der Waals surface area contributed by atoms with Crippen LogP contribution in [0.25, 0.3) is 55.2 Å². The summed E-state index contributed by atoms with van der Waals surface area (Å²) < 4.78 is 9.83. The topological polar surface area (TPSA) is 24.6 Å². The molecule has 5 heteroatoms. The first-order valence-electron chi connectivity index (χ1n) is 26.6. The van der Waals surface area contributed by atoms with Crippen molar-refractivity contribution in [2.45, 2.75) is 118 Å². The van der Waals surface area contributed by atoms with E-state index >= 15 is 0 Å². The van der Waals surface area contributed by atoms with Crippen LogP contribution in [0.2, 0.25) is 0 Å². The molecule has 362 valence electrons. The normalized spacial score (nSPS) is 15.5. The third kappa shape index (κ3) is 6.94. The van der Waals surface area contributed by atoms with E-state index in [4.69, 9.17) is 4.42 Å². The highest BCUT2D eigenvalue weighted by molar-refractivity contribution is 6.90. The number of aromatic nitrogens is 1.